The molecule has 60 heavy (non-hydrogen) atoms. The summed E-state index contributed by atoms with van der Waals surface area (Å²) in [5.74, 6) is 3.85. The monoisotopic (exact) mass is 827 g/mol. The minimum absolute atomic E-state index is 0.0154. The van der Waals surface area contributed by atoms with Crippen molar-refractivity contribution in [1.29, 1.82) is 0 Å². The molecule has 14 heteroatoms. The van der Waals surface area contributed by atoms with Gasteiger partial charge in [0.25, 0.3) is 5.91 Å². The Bertz CT molecular complexity index is 1900. The van der Waals surface area contributed by atoms with Crippen LogP contribution in [0.15, 0.2) is 60.7 Å². The Balaban J connectivity index is 2.03. The number of nitrogens with two attached hydrogens (primary N) is 1. The van der Waals surface area contributed by atoms with Crippen LogP contribution in [0.4, 0.5) is 11.4 Å². The molecule has 1 heterocycles. The highest BCUT2D eigenvalue weighted by molar-refractivity contribution is 6.04. The molecule has 0 aliphatic heterocycles. The van der Waals surface area contributed by atoms with Gasteiger partial charge < -0.3 is 30.0 Å². The summed E-state index contributed by atoms with van der Waals surface area (Å²) in [6, 6.07) is 17.1. The van der Waals surface area contributed by atoms with Gasteiger partial charge in [-0.3, -0.25) is 38.8 Å². The van der Waals surface area contributed by atoms with Crippen LogP contribution in [0.5, 0.6) is 0 Å². The molecular formula is C46H61N5O9. The number of benzene rings is 2. The first-order valence-electron chi connectivity index (χ1n) is 19.7. The Morgan fingerprint density at radius 3 is 1.25 bits per heavy atom. The number of nitrogens with zero attached hydrogens (tertiary/aromatic N) is 3. The molecule has 0 aliphatic rings. The van der Waals surface area contributed by atoms with Crippen molar-refractivity contribution in [2.24, 2.45) is 0 Å². The molecule has 0 radical (unpaired) electrons. The zero-order chi connectivity index (χ0) is 45.1. The summed E-state index contributed by atoms with van der Waals surface area (Å²) in [6.45, 7) is 20.1. The average molecular weight is 828 g/mol. The van der Waals surface area contributed by atoms with Crippen molar-refractivity contribution in [3.63, 3.8) is 0 Å². The van der Waals surface area contributed by atoms with Crippen molar-refractivity contribution in [3.8, 4) is 11.8 Å². The second-order valence-electron chi connectivity index (χ2n) is 18.4. The van der Waals surface area contributed by atoms with Crippen LogP contribution in [-0.4, -0.2) is 93.2 Å². The summed E-state index contributed by atoms with van der Waals surface area (Å²) in [7, 11) is 0. The molecular weight excluding hydrogens is 767 g/mol. The van der Waals surface area contributed by atoms with Gasteiger partial charge in [0.2, 0.25) is 0 Å². The topological polar surface area (TPSA) is 180 Å². The minimum atomic E-state index is -0.762. The lowest BCUT2D eigenvalue weighted by Crippen LogP contribution is -2.40. The molecule has 2 aromatic carbocycles. The Hall–Kier alpha value is -5.78. The number of hydrogen-bond acceptors (Lipinski definition) is 13. The molecule has 1 amide bonds. The summed E-state index contributed by atoms with van der Waals surface area (Å²) in [4.78, 5) is 72.9. The predicted molar refractivity (Wildman–Crippen MR) is 229 cm³/mol. The largest absolute Gasteiger partial charge is 0.459 e. The summed E-state index contributed by atoms with van der Waals surface area (Å²) in [5.41, 5.74) is 6.35. The number of nitrogen functional groups attached to an aromatic ring is 1. The van der Waals surface area contributed by atoms with Gasteiger partial charge in [-0.05, 0) is 144 Å². The number of hydrogen-bond donors (Lipinski definition) is 2. The smallest absolute Gasteiger partial charge is 0.320 e. The number of carbonyl (C=O) groups excluding carboxylic acids is 5. The second kappa shape index (κ2) is 20.5. The fourth-order valence-electron chi connectivity index (χ4n) is 5.52. The number of ether oxygens (including phenoxy) is 4. The number of nitrogens with one attached hydrogen (secondary N) is 1. The molecule has 0 saturated carbocycles. The highest BCUT2D eigenvalue weighted by Crippen LogP contribution is 2.17. The second-order valence-corrected chi connectivity index (χ2v) is 18.4. The fourth-order valence-corrected chi connectivity index (χ4v) is 5.52. The first kappa shape index (κ1) is 48.6. The van der Waals surface area contributed by atoms with Crippen LogP contribution in [0.3, 0.4) is 0 Å². The minimum Gasteiger partial charge on any atom is -0.459 e. The van der Waals surface area contributed by atoms with E-state index in [9.17, 15) is 24.0 Å². The maximum absolute atomic E-state index is 13.1. The van der Waals surface area contributed by atoms with Gasteiger partial charge in [-0.2, -0.15) is 0 Å². The fraction of sp³-hybridized carbons (Fsp3) is 0.478. The number of aromatic nitrogens is 1. The van der Waals surface area contributed by atoms with Gasteiger partial charge in [0.15, 0.2) is 0 Å². The summed E-state index contributed by atoms with van der Waals surface area (Å²) in [6.07, 6.45) is 0. The molecule has 0 bridgehead atoms. The van der Waals surface area contributed by atoms with E-state index in [0.29, 0.717) is 39.5 Å². The number of esters is 4. The third kappa shape index (κ3) is 19.8. The van der Waals surface area contributed by atoms with Crippen LogP contribution in [0.1, 0.15) is 116 Å². The van der Waals surface area contributed by atoms with E-state index >= 15 is 0 Å². The lowest BCUT2D eigenvalue weighted by Gasteiger charge is -2.27. The zero-order valence-corrected chi connectivity index (χ0v) is 37.1. The van der Waals surface area contributed by atoms with Crippen LogP contribution >= 0.6 is 0 Å². The van der Waals surface area contributed by atoms with Crippen LogP contribution in [0.2, 0.25) is 0 Å². The summed E-state index contributed by atoms with van der Waals surface area (Å²) in [5, 5.41) is 2.86. The van der Waals surface area contributed by atoms with E-state index in [2.05, 4.69) is 17.2 Å². The predicted octanol–water partition coefficient (Wildman–Crippen LogP) is 6.29. The standard InChI is InChI=1S/C46H61N5O9/c1-43(2,3)57-38(52)27-50(28-39(53)58-44(4,5)6)25-36-23-32(14-13-31-15-21-35(22-16-31)49-42(56)33-17-19-34(47)20-18-33)24-37(48-36)26-51(29-40(54)59-45(7,8)9)30-41(55)60-46(10,11)12/h15-24H,25-30,47H2,1-12H3,(H,49,56). The molecule has 1 aromatic heterocycles. The molecule has 0 saturated heterocycles. The molecule has 0 fully saturated rings. The van der Waals surface area contributed by atoms with Gasteiger partial charge in [-0.15, -0.1) is 0 Å². The lowest BCUT2D eigenvalue weighted by molar-refractivity contribution is -0.162. The van der Waals surface area contributed by atoms with Gasteiger partial charge in [0, 0.05) is 41.2 Å². The third-order valence-electron chi connectivity index (χ3n) is 7.46. The number of anilines is 2. The van der Waals surface area contributed by atoms with Crippen molar-refractivity contribution in [2.75, 3.05) is 37.2 Å². The van der Waals surface area contributed by atoms with Crippen LogP contribution in [0, 0.1) is 11.8 Å². The molecule has 324 valence electrons. The van der Waals surface area contributed by atoms with E-state index < -0.39 is 46.3 Å². The van der Waals surface area contributed by atoms with E-state index in [1.165, 1.54) is 0 Å². The molecule has 14 nitrogen and oxygen atoms in total. The highest BCUT2D eigenvalue weighted by atomic mass is 16.6. The summed E-state index contributed by atoms with van der Waals surface area (Å²) < 4.78 is 22.3. The highest BCUT2D eigenvalue weighted by Gasteiger charge is 2.26. The molecule has 3 aromatic rings. The van der Waals surface area contributed by atoms with E-state index in [-0.39, 0.29) is 45.2 Å². The number of amides is 1. The Labute approximate surface area is 354 Å². The van der Waals surface area contributed by atoms with E-state index in [1.807, 2.05) is 0 Å². The molecule has 0 aliphatic carbocycles. The number of pyridine rings is 1. The number of carbonyl (C=O) groups is 5. The number of rotatable bonds is 14. The van der Waals surface area contributed by atoms with Crippen molar-refractivity contribution in [2.45, 2.75) is 119 Å². The lowest BCUT2D eigenvalue weighted by atomic mass is 10.1. The first-order chi connectivity index (χ1) is 27.6. The summed E-state index contributed by atoms with van der Waals surface area (Å²) >= 11 is 0. The van der Waals surface area contributed by atoms with Crippen LogP contribution in [-0.2, 0) is 51.2 Å². The van der Waals surface area contributed by atoms with E-state index in [0.717, 1.165) is 0 Å². The Kier molecular flexibility index (Phi) is 16.6. The zero-order valence-electron chi connectivity index (χ0n) is 37.1. The molecule has 3 rings (SSSR count). The van der Waals surface area contributed by atoms with Gasteiger partial charge >= 0.3 is 23.9 Å². The Morgan fingerprint density at radius 2 is 0.900 bits per heavy atom. The maximum atomic E-state index is 13.1. The maximum Gasteiger partial charge on any atom is 0.320 e. The van der Waals surface area contributed by atoms with Crippen molar-refractivity contribution < 1.29 is 42.9 Å². The van der Waals surface area contributed by atoms with Crippen LogP contribution in [0.25, 0.3) is 0 Å². The average Bonchev–Trinajstić information content (AvgIpc) is 3.04. The quantitative estimate of drug-likeness (QED) is 0.0803. The van der Waals surface area contributed by atoms with Gasteiger partial charge in [-0.1, -0.05) is 11.8 Å². The van der Waals surface area contributed by atoms with Crippen LogP contribution < -0.4 is 11.1 Å². The molecule has 0 unspecified atom stereocenters. The SMILES string of the molecule is CC(C)(C)OC(=O)CN(CC(=O)OC(C)(C)C)Cc1cc(C#Cc2ccc(NC(=O)c3ccc(N)cc3)cc2)cc(CN(CC(=O)OC(C)(C)C)CC(=O)OC(C)(C)C)n1. The normalized spacial score (nSPS) is 12.0. The van der Waals surface area contributed by atoms with E-state index in [1.54, 1.807) is 154 Å². The third-order valence-corrected chi connectivity index (χ3v) is 7.46. The molecule has 0 spiro atoms. The van der Waals surface area contributed by atoms with Gasteiger partial charge in [0.05, 0.1) is 37.6 Å². The van der Waals surface area contributed by atoms with E-state index in [4.69, 9.17) is 29.7 Å². The van der Waals surface area contributed by atoms with Gasteiger partial charge in [-0.25, -0.2) is 0 Å². The van der Waals surface area contributed by atoms with Crippen molar-refractivity contribution >= 4 is 41.2 Å². The van der Waals surface area contributed by atoms with Crippen molar-refractivity contribution in [3.05, 3.63) is 88.7 Å². The Morgan fingerprint density at radius 1 is 0.550 bits per heavy atom. The first-order valence-corrected chi connectivity index (χ1v) is 19.7. The van der Waals surface area contributed by atoms with Crippen molar-refractivity contribution in [1.82, 2.24) is 14.8 Å². The molecule has 3 N–H and O–H groups in total. The molecule has 0 atom stereocenters. The van der Waals surface area contributed by atoms with Gasteiger partial charge in [0.1, 0.15) is 22.4 Å².